The zero-order chi connectivity index (χ0) is 20.4. The largest absolute Gasteiger partial charge is 0.449 e. The Morgan fingerprint density at radius 1 is 1.15 bits per heavy atom. The molecule has 0 saturated heterocycles. The van der Waals surface area contributed by atoms with Gasteiger partial charge in [0.15, 0.2) is 6.10 Å². The van der Waals surface area contributed by atoms with E-state index in [0.717, 1.165) is 6.07 Å². The lowest BCUT2D eigenvalue weighted by molar-refractivity contribution is -0.123. The van der Waals surface area contributed by atoms with Crippen molar-refractivity contribution in [3.05, 3.63) is 57.6 Å². The molecule has 1 amide bonds. The number of primary sulfonamides is 1. The second-order valence-corrected chi connectivity index (χ2v) is 8.06. The minimum Gasteiger partial charge on any atom is -0.449 e. The molecule has 0 aromatic heterocycles. The summed E-state index contributed by atoms with van der Waals surface area (Å²) in [5.41, 5.74) is 0.601. The van der Waals surface area contributed by atoms with Gasteiger partial charge in [-0.2, -0.15) is 0 Å². The molecule has 0 saturated carbocycles. The monoisotopic (exact) mass is 430 g/mol. The van der Waals surface area contributed by atoms with Crippen LogP contribution in [0.5, 0.6) is 0 Å². The number of nitrogens with one attached hydrogen (secondary N) is 1. The maximum absolute atomic E-state index is 12.2. The summed E-state index contributed by atoms with van der Waals surface area (Å²) < 4.78 is 28.2. The molecule has 2 aromatic rings. The van der Waals surface area contributed by atoms with Crippen LogP contribution in [-0.4, -0.2) is 26.4 Å². The van der Waals surface area contributed by atoms with Crippen LogP contribution in [0.2, 0.25) is 10.0 Å². The number of aryl methyl sites for hydroxylation is 1. The normalized spacial score (nSPS) is 12.3. The van der Waals surface area contributed by atoms with Gasteiger partial charge in [-0.05, 0) is 49.7 Å². The average molecular weight is 431 g/mol. The lowest BCUT2D eigenvalue weighted by Gasteiger charge is -2.15. The van der Waals surface area contributed by atoms with E-state index in [1.54, 1.807) is 13.0 Å². The van der Waals surface area contributed by atoms with Gasteiger partial charge in [-0.15, -0.1) is 0 Å². The van der Waals surface area contributed by atoms with Gasteiger partial charge in [-0.3, -0.25) is 4.79 Å². The first-order chi connectivity index (χ1) is 12.5. The van der Waals surface area contributed by atoms with E-state index < -0.39 is 28.0 Å². The highest BCUT2D eigenvalue weighted by atomic mass is 35.5. The van der Waals surface area contributed by atoms with Crippen LogP contribution in [0, 0.1) is 6.92 Å². The number of hydrogen-bond acceptors (Lipinski definition) is 5. The lowest BCUT2D eigenvalue weighted by atomic mass is 10.1. The molecule has 1 atom stereocenters. The van der Waals surface area contributed by atoms with Gasteiger partial charge in [-0.1, -0.05) is 29.3 Å². The summed E-state index contributed by atoms with van der Waals surface area (Å²) in [5.74, 6) is -1.51. The van der Waals surface area contributed by atoms with Crippen LogP contribution in [0.1, 0.15) is 22.8 Å². The molecule has 0 bridgehead atoms. The van der Waals surface area contributed by atoms with E-state index >= 15 is 0 Å². The molecule has 0 fully saturated rings. The number of esters is 1. The Balaban J connectivity index is 2.13. The van der Waals surface area contributed by atoms with Gasteiger partial charge in [0.25, 0.3) is 5.91 Å². The third-order valence-corrected chi connectivity index (χ3v) is 5.19. The number of hydrogen-bond donors (Lipinski definition) is 2. The minimum atomic E-state index is -4.00. The number of sulfonamides is 1. The molecule has 144 valence electrons. The molecule has 0 aliphatic rings. The van der Waals surface area contributed by atoms with Crippen molar-refractivity contribution in [2.45, 2.75) is 24.8 Å². The first-order valence-corrected chi connectivity index (χ1v) is 9.89. The van der Waals surface area contributed by atoms with Crippen molar-refractivity contribution >= 4 is 50.8 Å². The highest BCUT2D eigenvalue weighted by Gasteiger charge is 2.22. The van der Waals surface area contributed by atoms with Gasteiger partial charge in [0.1, 0.15) is 0 Å². The second kappa shape index (κ2) is 8.26. The molecule has 10 heteroatoms. The number of ether oxygens (including phenoxy) is 1. The molecule has 0 aliphatic heterocycles. The van der Waals surface area contributed by atoms with E-state index in [2.05, 4.69) is 5.32 Å². The molecule has 2 rings (SSSR count). The van der Waals surface area contributed by atoms with E-state index in [9.17, 15) is 18.0 Å². The Morgan fingerprint density at radius 2 is 1.81 bits per heavy atom. The van der Waals surface area contributed by atoms with Crippen LogP contribution in [0.25, 0.3) is 0 Å². The number of carbonyl (C=O) groups excluding carboxylic acids is 2. The van der Waals surface area contributed by atoms with Gasteiger partial charge in [0.2, 0.25) is 10.0 Å². The molecule has 27 heavy (non-hydrogen) atoms. The van der Waals surface area contributed by atoms with Gasteiger partial charge in [-0.25, -0.2) is 18.4 Å². The van der Waals surface area contributed by atoms with E-state index in [1.165, 1.54) is 31.2 Å². The first kappa shape index (κ1) is 21.2. The summed E-state index contributed by atoms with van der Waals surface area (Å²) in [7, 11) is -4.00. The van der Waals surface area contributed by atoms with Crippen molar-refractivity contribution in [2.24, 2.45) is 5.14 Å². The van der Waals surface area contributed by atoms with E-state index in [4.69, 9.17) is 33.1 Å². The van der Waals surface area contributed by atoms with Crippen LogP contribution < -0.4 is 10.5 Å². The third kappa shape index (κ3) is 5.43. The van der Waals surface area contributed by atoms with Crippen molar-refractivity contribution in [1.82, 2.24) is 0 Å². The van der Waals surface area contributed by atoms with Crippen LogP contribution in [0.15, 0.2) is 41.3 Å². The molecular formula is C17H16Cl2N2O5S. The van der Waals surface area contributed by atoms with Crippen LogP contribution in [0.3, 0.4) is 0 Å². The molecule has 0 heterocycles. The van der Waals surface area contributed by atoms with Crippen LogP contribution in [0.4, 0.5) is 5.69 Å². The lowest BCUT2D eigenvalue weighted by Crippen LogP contribution is -2.30. The fraction of sp³-hybridized carbons (Fsp3) is 0.176. The highest BCUT2D eigenvalue weighted by Crippen LogP contribution is 2.25. The zero-order valence-electron chi connectivity index (χ0n) is 14.3. The molecule has 1 unspecified atom stereocenters. The quantitative estimate of drug-likeness (QED) is 0.706. The topological polar surface area (TPSA) is 116 Å². The van der Waals surface area contributed by atoms with Crippen molar-refractivity contribution in [1.29, 1.82) is 0 Å². The number of nitrogens with two attached hydrogens (primary N) is 1. The molecule has 2 aromatic carbocycles. The highest BCUT2D eigenvalue weighted by molar-refractivity contribution is 7.89. The molecule has 0 aliphatic carbocycles. The Morgan fingerprint density at radius 3 is 2.44 bits per heavy atom. The molecule has 7 nitrogen and oxygen atoms in total. The Bertz CT molecular complexity index is 1010. The number of halogens is 2. The number of carbonyl (C=O) groups is 2. The van der Waals surface area contributed by atoms with Crippen molar-refractivity contribution < 1.29 is 22.7 Å². The fourth-order valence-electron chi connectivity index (χ4n) is 2.14. The van der Waals surface area contributed by atoms with Gasteiger partial charge in [0, 0.05) is 5.02 Å². The summed E-state index contributed by atoms with van der Waals surface area (Å²) in [6.07, 6.45) is -1.17. The number of anilines is 1. The Hall–Kier alpha value is -2.13. The summed E-state index contributed by atoms with van der Waals surface area (Å²) in [6, 6.07) is 8.43. The minimum absolute atomic E-state index is 0.0509. The smallest absolute Gasteiger partial charge is 0.338 e. The summed E-state index contributed by atoms with van der Waals surface area (Å²) >= 11 is 11.8. The number of benzene rings is 2. The predicted molar refractivity (Wildman–Crippen MR) is 103 cm³/mol. The van der Waals surface area contributed by atoms with Crippen LogP contribution in [-0.2, 0) is 19.6 Å². The van der Waals surface area contributed by atoms with E-state index in [-0.39, 0.29) is 21.2 Å². The summed E-state index contributed by atoms with van der Waals surface area (Å²) in [4.78, 5) is 24.3. The first-order valence-electron chi connectivity index (χ1n) is 7.59. The van der Waals surface area contributed by atoms with E-state index in [0.29, 0.717) is 10.6 Å². The summed E-state index contributed by atoms with van der Waals surface area (Å²) in [5, 5.41) is 8.26. The molecule has 0 radical (unpaired) electrons. The summed E-state index contributed by atoms with van der Waals surface area (Å²) in [6.45, 7) is 2.90. The van der Waals surface area contributed by atoms with Crippen molar-refractivity contribution in [3.63, 3.8) is 0 Å². The third-order valence-electron chi connectivity index (χ3n) is 3.57. The van der Waals surface area contributed by atoms with E-state index in [1.807, 2.05) is 0 Å². The predicted octanol–water partition coefficient (Wildman–Crippen LogP) is 3.13. The molecule has 0 spiro atoms. The molecule has 3 N–H and O–H groups in total. The van der Waals surface area contributed by atoms with Crippen molar-refractivity contribution in [2.75, 3.05) is 5.32 Å². The average Bonchev–Trinajstić information content (AvgIpc) is 2.57. The van der Waals surface area contributed by atoms with Gasteiger partial charge in [0.05, 0.1) is 21.2 Å². The number of rotatable bonds is 5. The van der Waals surface area contributed by atoms with Crippen molar-refractivity contribution in [3.8, 4) is 0 Å². The van der Waals surface area contributed by atoms with Gasteiger partial charge < -0.3 is 10.1 Å². The second-order valence-electron chi connectivity index (χ2n) is 5.69. The van der Waals surface area contributed by atoms with Gasteiger partial charge >= 0.3 is 5.97 Å². The maximum atomic E-state index is 12.2. The zero-order valence-corrected chi connectivity index (χ0v) is 16.7. The maximum Gasteiger partial charge on any atom is 0.338 e. The van der Waals surface area contributed by atoms with Crippen LogP contribution >= 0.6 is 23.2 Å². The standard InChI is InChI=1S/C17H16Cl2N2O5S/c1-9-3-4-11(7-15(9)27(20,24)25)17(23)26-10(2)16(22)21-14-8-12(18)5-6-13(14)19/h3-8,10H,1-2H3,(H,21,22)(H2,20,24,25). The Kier molecular flexibility index (Phi) is 6.48. The SMILES string of the molecule is Cc1ccc(C(=O)OC(C)C(=O)Nc2cc(Cl)ccc2Cl)cc1S(N)(=O)=O. The molecular weight excluding hydrogens is 415 g/mol. The fourth-order valence-corrected chi connectivity index (χ4v) is 3.29. The number of amides is 1. The Labute approximate surface area is 166 Å².